The number of hydrogen-bond acceptors (Lipinski definition) is 0. The number of hydrogen-bond donors (Lipinski definition) is 0. The van der Waals surface area contributed by atoms with Gasteiger partial charge in [-0.1, -0.05) is 206 Å². The van der Waals surface area contributed by atoms with Gasteiger partial charge in [0.15, 0.2) is 0 Å². The van der Waals surface area contributed by atoms with E-state index < -0.39 is 0 Å². The molecule has 0 atom stereocenters. The van der Waals surface area contributed by atoms with Crippen LogP contribution in [0.3, 0.4) is 0 Å². The highest BCUT2D eigenvalue weighted by atomic mass is 15.1. The second-order valence-electron chi connectivity index (χ2n) is 14.3. The van der Waals surface area contributed by atoms with Crippen molar-refractivity contribution in [1.82, 2.24) is 4.57 Å². The van der Waals surface area contributed by atoms with Crippen LogP contribution in [0.15, 0.2) is 18.7 Å². The topological polar surface area (TPSA) is 8.81 Å². The molecule has 0 saturated heterocycles. The van der Waals surface area contributed by atoms with Gasteiger partial charge in [-0.25, -0.2) is 9.13 Å². The molecule has 43 heavy (non-hydrogen) atoms. The highest BCUT2D eigenvalue weighted by molar-refractivity contribution is 4.65. The van der Waals surface area contributed by atoms with E-state index in [4.69, 9.17) is 0 Å². The molecule has 1 aromatic heterocycles. The van der Waals surface area contributed by atoms with Crippen LogP contribution >= 0.6 is 0 Å². The third-order valence-corrected chi connectivity index (χ3v) is 10.1. The zero-order valence-corrected chi connectivity index (χ0v) is 30.2. The Labute approximate surface area is 272 Å². The monoisotopic (exact) mass is 602 g/mol. The van der Waals surface area contributed by atoms with Crippen molar-refractivity contribution < 1.29 is 4.57 Å². The molecule has 2 nitrogen and oxygen atoms in total. The fourth-order valence-electron chi connectivity index (χ4n) is 7.01. The molecule has 0 aliphatic heterocycles. The summed E-state index contributed by atoms with van der Waals surface area (Å²) in [6.45, 7) is 9.13. The largest absolute Gasteiger partial charge is 0.243 e. The second-order valence-corrected chi connectivity index (χ2v) is 14.3. The summed E-state index contributed by atoms with van der Waals surface area (Å²) >= 11 is 0. The van der Waals surface area contributed by atoms with E-state index in [9.17, 15) is 0 Å². The van der Waals surface area contributed by atoms with Gasteiger partial charge >= 0.3 is 0 Å². The smallest absolute Gasteiger partial charge is 0.237 e. The summed E-state index contributed by atoms with van der Waals surface area (Å²) in [6, 6.07) is 0. The van der Waals surface area contributed by atoms with Crippen molar-refractivity contribution in [1.29, 1.82) is 0 Å². The van der Waals surface area contributed by atoms with E-state index in [1.54, 1.807) is 0 Å². The van der Waals surface area contributed by atoms with E-state index in [0.717, 1.165) is 12.5 Å². The number of aryl methyl sites for hydroxylation is 2. The fourth-order valence-corrected chi connectivity index (χ4v) is 7.01. The molecule has 1 rings (SSSR count). The van der Waals surface area contributed by atoms with Crippen LogP contribution in [0.25, 0.3) is 0 Å². The first-order chi connectivity index (χ1) is 21.3. The average molecular weight is 602 g/mol. The molecule has 254 valence electrons. The highest BCUT2D eigenvalue weighted by Crippen LogP contribution is 2.24. The first kappa shape index (κ1) is 40.2. The molecule has 0 saturated carbocycles. The van der Waals surface area contributed by atoms with E-state index in [-0.39, 0.29) is 0 Å². The van der Waals surface area contributed by atoms with Crippen LogP contribution < -0.4 is 4.57 Å². The highest BCUT2D eigenvalue weighted by Gasteiger charge is 2.10. The lowest BCUT2D eigenvalue weighted by atomic mass is 9.90. The van der Waals surface area contributed by atoms with Gasteiger partial charge in [0.05, 0.1) is 13.1 Å². The number of rotatable bonds is 35. The molecule has 0 amide bonds. The van der Waals surface area contributed by atoms with E-state index in [1.807, 2.05) is 0 Å². The second kappa shape index (κ2) is 32.6. The first-order valence-electron chi connectivity index (χ1n) is 20.3. The Kier molecular flexibility index (Phi) is 30.5. The predicted molar refractivity (Wildman–Crippen MR) is 193 cm³/mol. The molecular weight excluding hydrogens is 520 g/mol. The summed E-state index contributed by atoms with van der Waals surface area (Å²) in [5.74, 6) is 0.962. The van der Waals surface area contributed by atoms with Crippen molar-refractivity contribution in [3.05, 3.63) is 18.7 Å². The summed E-state index contributed by atoms with van der Waals surface area (Å²) in [6.07, 6.45) is 53.5. The third kappa shape index (κ3) is 27.3. The summed E-state index contributed by atoms with van der Waals surface area (Å²) in [4.78, 5) is 0. The minimum atomic E-state index is 0.962. The lowest BCUT2D eigenvalue weighted by Gasteiger charge is -2.16. The molecule has 0 aromatic carbocycles. The minimum Gasteiger partial charge on any atom is -0.237 e. The van der Waals surface area contributed by atoms with Gasteiger partial charge in [-0.05, 0) is 25.7 Å². The zero-order valence-electron chi connectivity index (χ0n) is 30.2. The summed E-state index contributed by atoms with van der Waals surface area (Å²) in [7, 11) is 0. The predicted octanol–water partition coefficient (Wildman–Crippen LogP) is 13.9. The first-order valence-corrected chi connectivity index (χ1v) is 20.3. The van der Waals surface area contributed by atoms with Gasteiger partial charge in [-0.2, -0.15) is 0 Å². The number of unbranched alkanes of at least 4 members (excludes halogenated alkanes) is 26. The molecule has 1 heterocycles. The van der Waals surface area contributed by atoms with Crippen LogP contribution in [0.1, 0.15) is 226 Å². The standard InChI is InChI=1S/C41H81N2/c1-4-7-9-11-13-15-17-19-21-23-25-27-29-31-34-41(36-33-37-43-39-38-42(6-3)40-43)35-32-30-28-26-24-22-20-18-16-14-12-10-8-5-2/h38-41H,4-37H2,1-3H3/q+1. The van der Waals surface area contributed by atoms with Crippen LogP contribution in [-0.2, 0) is 13.1 Å². The quantitative estimate of drug-likeness (QED) is 0.0540. The number of imidazole rings is 1. The zero-order chi connectivity index (χ0) is 30.9. The van der Waals surface area contributed by atoms with Gasteiger partial charge in [-0.15, -0.1) is 0 Å². The Balaban J connectivity index is 2.09. The number of aromatic nitrogens is 2. The molecule has 0 N–H and O–H groups in total. The van der Waals surface area contributed by atoms with Crippen LogP contribution in [0.2, 0.25) is 0 Å². The van der Waals surface area contributed by atoms with Crippen molar-refractivity contribution in [2.45, 2.75) is 239 Å². The molecular formula is C41H81N2+. The van der Waals surface area contributed by atoms with E-state index in [2.05, 4.69) is 48.6 Å². The Morgan fingerprint density at radius 2 is 0.744 bits per heavy atom. The Morgan fingerprint density at radius 3 is 1.07 bits per heavy atom. The normalized spacial score (nSPS) is 11.7. The van der Waals surface area contributed by atoms with E-state index in [1.165, 1.54) is 212 Å². The fraction of sp³-hybridized carbons (Fsp3) is 0.927. The molecule has 0 aliphatic rings. The summed E-state index contributed by atoms with van der Waals surface area (Å²) in [5.41, 5.74) is 0. The molecule has 0 fully saturated rings. The molecule has 0 aliphatic carbocycles. The lowest BCUT2D eigenvalue weighted by Crippen LogP contribution is -2.31. The van der Waals surface area contributed by atoms with E-state index in [0.29, 0.717) is 0 Å². The number of nitrogens with zero attached hydrogens (tertiary/aromatic N) is 2. The van der Waals surface area contributed by atoms with Crippen molar-refractivity contribution >= 4 is 0 Å². The van der Waals surface area contributed by atoms with Crippen LogP contribution in [0.5, 0.6) is 0 Å². The summed E-state index contributed by atoms with van der Waals surface area (Å²) in [5, 5.41) is 0. The average Bonchev–Trinajstić information content (AvgIpc) is 3.49. The molecule has 0 unspecified atom stereocenters. The van der Waals surface area contributed by atoms with E-state index >= 15 is 0 Å². The van der Waals surface area contributed by atoms with Gasteiger partial charge in [-0.3, -0.25) is 0 Å². The van der Waals surface area contributed by atoms with Gasteiger partial charge in [0.25, 0.3) is 0 Å². The van der Waals surface area contributed by atoms with Gasteiger partial charge in [0.1, 0.15) is 12.4 Å². The lowest BCUT2D eigenvalue weighted by molar-refractivity contribution is -0.697. The van der Waals surface area contributed by atoms with Crippen molar-refractivity contribution in [2.24, 2.45) is 5.92 Å². The summed E-state index contributed by atoms with van der Waals surface area (Å²) < 4.78 is 4.69. The van der Waals surface area contributed by atoms with Gasteiger partial charge in [0, 0.05) is 0 Å². The molecule has 0 spiro atoms. The van der Waals surface area contributed by atoms with Crippen molar-refractivity contribution in [2.75, 3.05) is 0 Å². The maximum absolute atomic E-state index is 2.40. The third-order valence-electron chi connectivity index (χ3n) is 10.1. The SMILES string of the molecule is CCCCCCCCCCCCCCCCC(CCCCCCCCCCCCCCCC)CCC[n+]1ccn(CC)c1. The molecule has 0 bridgehead atoms. The Morgan fingerprint density at radius 1 is 0.419 bits per heavy atom. The molecule has 1 aromatic rings. The Bertz CT molecular complexity index is 618. The molecule has 2 heteroatoms. The van der Waals surface area contributed by atoms with Gasteiger partial charge in [0.2, 0.25) is 6.33 Å². The maximum Gasteiger partial charge on any atom is 0.243 e. The van der Waals surface area contributed by atoms with Crippen LogP contribution in [-0.4, -0.2) is 4.57 Å². The van der Waals surface area contributed by atoms with Crippen LogP contribution in [0, 0.1) is 5.92 Å². The van der Waals surface area contributed by atoms with Crippen molar-refractivity contribution in [3.8, 4) is 0 Å². The maximum atomic E-state index is 2.40. The van der Waals surface area contributed by atoms with Gasteiger partial charge < -0.3 is 0 Å². The molecule has 0 radical (unpaired) electrons. The Hall–Kier alpha value is -0.790. The van der Waals surface area contributed by atoms with Crippen LogP contribution in [0.4, 0.5) is 0 Å². The van der Waals surface area contributed by atoms with Crippen molar-refractivity contribution in [3.63, 3.8) is 0 Å². The minimum absolute atomic E-state index is 0.962.